The number of hydrogen-bond acceptors (Lipinski definition) is 3. The summed E-state index contributed by atoms with van der Waals surface area (Å²) < 4.78 is 0. The third-order valence-corrected chi connectivity index (χ3v) is 3.63. The fourth-order valence-corrected chi connectivity index (χ4v) is 2.59. The van der Waals surface area contributed by atoms with Crippen LogP contribution in [0.4, 0.5) is 0 Å². The molecular weight excluding hydrogens is 186 g/mol. The fraction of sp³-hybridized carbons (Fsp3) is 1.00. The quantitative estimate of drug-likeness (QED) is 0.735. The molecule has 1 heterocycles. The zero-order chi connectivity index (χ0) is 11.3. The summed E-state index contributed by atoms with van der Waals surface area (Å²) in [4.78, 5) is 5.22. The van der Waals surface area contributed by atoms with E-state index < -0.39 is 0 Å². The second kappa shape index (κ2) is 6.46. The van der Waals surface area contributed by atoms with E-state index in [4.69, 9.17) is 0 Å². The van der Waals surface area contributed by atoms with Crippen LogP contribution in [0.5, 0.6) is 0 Å². The Morgan fingerprint density at radius 1 is 1.33 bits per heavy atom. The van der Waals surface area contributed by atoms with Crippen LogP contribution in [-0.4, -0.2) is 61.7 Å². The Labute approximate surface area is 94.8 Å². The molecule has 0 saturated carbocycles. The number of nitrogens with one attached hydrogen (secondary N) is 1. The zero-order valence-electron chi connectivity index (χ0n) is 10.8. The standard InChI is InChI=1S/C12H27N3/c1-5-12(9-13-4)15-8-7-14(6-2)11(3)10-15/h11-13H,5-10H2,1-4H3. The predicted molar refractivity (Wildman–Crippen MR) is 66.3 cm³/mol. The van der Waals surface area contributed by atoms with E-state index in [-0.39, 0.29) is 0 Å². The second-order valence-electron chi connectivity index (χ2n) is 4.59. The highest BCUT2D eigenvalue weighted by Gasteiger charge is 2.26. The van der Waals surface area contributed by atoms with E-state index in [1.165, 1.54) is 32.6 Å². The molecule has 0 aliphatic carbocycles. The van der Waals surface area contributed by atoms with Crippen molar-refractivity contribution in [1.82, 2.24) is 15.1 Å². The molecule has 0 aromatic heterocycles. The van der Waals surface area contributed by atoms with Gasteiger partial charge in [-0.15, -0.1) is 0 Å². The Morgan fingerprint density at radius 2 is 2.07 bits per heavy atom. The highest BCUT2D eigenvalue weighted by molar-refractivity contribution is 4.83. The van der Waals surface area contributed by atoms with Crippen LogP contribution in [0.3, 0.4) is 0 Å². The van der Waals surface area contributed by atoms with E-state index in [1.807, 2.05) is 7.05 Å². The summed E-state index contributed by atoms with van der Waals surface area (Å²) in [6.45, 7) is 12.9. The topological polar surface area (TPSA) is 18.5 Å². The first-order valence-corrected chi connectivity index (χ1v) is 6.35. The number of nitrogens with zero attached hydrogens (tertiary/aromatic N) is 2. The Hall–Kier alpha value is -0.120. The molecule has 1 fully saturated rings. The molecule has 1 N–H and O–H groups in total. The van der Waals surface area contributed by atoms with E-state index >= 15 is 0 Å². The summed E-state index contributed by atoms with van der Waals surface area (Å²) in [7, 11) is 2.05. The summed E-state index contributed by atoms with van der Waals surface area (Å²) in [5.74, 6) is 0. The summed E-state index contributed by atoms with van der Waals surface area (Å²) in [6, 6.07) is 1.44. The lowest BCUT2D eigenvalue weighted by atomic mass is 10.1. The Bertz CT molecular complexity index is 172. The summed E-state index contributed by atoms with van der Waals surface area (Å²) >= 11 is 0. The summed E-state index contributed by atoms with van der Waals surface area (Å²) in [6.07, 6.45) is 1.25. The van der Waals surface area contributed by atoms with Gasteiger partial charge in [-0.25, -0.2) is 0 Å². The van der Waals surface area contributed by atoms with Crippen molar-refractivity contribution in [2.24, 2.45) is 0 Å². The van der Waals surface area contributed by atoms with Crippen molar-refractivity contribution in [2.45, 2.75) is 39.3 Å². The molecule has 1 saturated heterocycles. The first-order chi connectivity index (χ1) is 7.22. The maximum absolute atomic E-state index is 3.30. The first kappa shape index (κ1) is 12.9. The predicted octanol–water partition coefficient (Wildman–Crippen LogP) is 1.01. The van der Waals surface area contributed by atoms with E-state index in [0.717, 1.165) is 18.6 Å². The first-order valence-electron chi connectivity index (χ1n) is 6.35. The van der Waals surface area contributed by atoms with Crippen LogP contribution in [0.2, 0.25) is 0 Å². The maximum atomic E-state index is 3.30. The van der Waals surface area contributed by atoms with Crippen molar-refractivity contribution in [3.05, 3.63) is 0 Å². The van der Waals surface area contributed by atoms with Gasteiger partial charge in [-0.3, -0.25) is 9.80 Å². The van der Waals surface area contributed by atoms with Crippen LogP contribution >= 0.6 is 0 Å². The Balaban J connectivity index is 2.44. The number of piperazine rings is 1. The zero-order valence-corrected chi connectivity index (χ0v) is 10.8. The van der Waals surface area contributed by atoms with Gasteiger partial charge in [-0.1, -0.05) is 13.8 Å². The van der Waals surface area contributed by atoms with Crippen molar-refractivity contribution in [3.8, 4) is 0 Å². The van der Waals surface area contributed by atoms with E-state index in [2.05, 4.69) is 35.9 Å². The van der Waals surface area contributed by atoms with Gasteiger partial charge in [0.1, 0.15) is 0 Å². The minimum absolute atomic E-state index is 0.717. The molecule has 3 heteroatoms. The molecule has 0 radical (unpaired) electrons. The molecule has 2 atom stereocenters. The van der Waals surface area contributed by atoms with Gasteiger partial charge < -0.3 is 5.32 Å². The van der Waals surface area contributed by atoms with Gasteiger partial charge in [-0.2, -0.15) is 0 Å². The van der Waals surface area contributed by atoms with Gasteiger partial charge in [0.2, 0.25) is 0 Å². The Kier molecular flexibility index (Phi) is 5.58. The van der Waals surface area contributed by atoms with Crippen LogP contribution in [0.15, 0.2) is 0 Å². The normalized spacial score (nSPS) is 26.8. The summed E-state index contributed by atoms with van der Waals surface area (Å²) in [5, 5.41) is 3.30. The molecule has 0 spiro atoms. The van der Waals surface area contributed by atoms with Crippen LogP contribution in [-0.2, 0) is 0 Å². The largest absolute Gasteiger partial charge is 0.318 e. The lowest BCUT2D eigenvalue weighted by Crippen LogP contribution is -2.56. The van der Waals surface area contributed by atoms with Gasteiger partial charge in [0, 0.05) is 38.3 Å². The molecule has 2 unspecified atom stereocenters. The number of hydrogen-bond donors (Lipinski definition) is 1. The molecule has 15 heavy (non-hydrogen) atoms. The summed E-state index contributed by atoms with van der Waals surface area (Å²) in [5.41, 5.74) is 0. The molecule has 0 bridgehead atoms. The van der Waals surface area contributed by atoms with E-state index in [9.17, 15) is 0 Å². The highest BCUT2D eigenvalue weighted by atomic mass is 15.3. The van der Waals surface area contributed by atoms with Crippen LogP contribution in [0.25, 0.3) is 0 Å². The van der Waals surface area contributed by atoms with Crippen molar-refractivity contribution in [3.63, 3.8) is 0 Å². The number of rotatable bonds is 5. The van der Waals surface area contributed by atoms with Crippen molar-refractivity contribution >= 4 is 0 Å². The third-order valence-electron chi connectivity index (χ3n) is 3.63. The molecule has 0 aromatic carbocycles. The lowest BCUT2D eigenvalue weighted by molar-refractivity contribution is 0.0577. The molecule has 1 aliphatic heterocycles. The van der Waals surface area contributed by atoms with Crippen LogP contribution in [0, 0.1) is 0 Å². The maximum Gasteiger partial charge on any atom is 0.0219 e. The molecule has 0 amide bonds. The fourth-order valence-electron chi connectivity index (χ4n) is 2.59. The van der Waals surface area contributed by atoms with Crippen molar-refractivity contribution in [2.75, 3.05) is 39.8 Å². The molecule has 1 rings (SSSR count). The SMILES string of the molecule is CCC(CNC)N1CCN(CC)C(C)C1. The molecule has 1 aliphatic rings. The lowest BCUT2D eigenvalue weighted by Gasteiger charge is -2.42. The molecule has 3 nitrogen and oxygen atoms in total. The van der Waals surface area contributed by atoms with Gasteiger partial charge in [-0.05, 0) is 26.9 Å². The van der Waals surface area contributed by atoms with Gasteiger partial charge in [0.15, 0.2) is 0 Å². The Morgan fingerprint density at radius 3 is 2.53 bits per heavy atom. The molecule has 90 valence electrons. The van der Waals surface area contributed by atoms with Gasteiger partial charge in [0.05, 0.1) is 0 Å². The minimum Gasteiger partial charge on any atom is -0.318 e. The monoisotopic (exact) mass is 213 g/mol. The van der Waals surface area contributed by atoms with E-state index in [0.29, 0.717) is 0 Å². The van der Waals surface area contributed by atoms with Crippen molar-refractivity contribution < 1.29 is 0 Å². The molecule has 0 aromatic rings. The highest BCUT2D eigenvalue weighted by Crippen LogP contribution is 2.13. The average molecular weight is 213 g/mol. The van der Waals surface area contributed by atoms with Gasteiger partial charge in [0.25, 0.3) is 0 Å². The van der Waals surface area contributed by atoms with Crippen molar-refractivity contribution in [1.29, 1.82) is 0 Å². The molecular formula is C12H27N3. The van der Waals surface area contributed by atoms with E-state index in [1.54, 1.807) is 0 Å². The third kappa shape index (κ3) is 3.44. The smallest absolute Gasteiger partial charge is 0.0219 e. The average Bonchev–Trinajstić information content (AvgIpc) is 2.25. The van der Waals surface area contributed by atoms with Crippen LogP contribution < -0.4 is 5.32 Å². The van der Waals surface area contributed by atoms with Gasteiger partial charge >= 0.3 is 0 Å². The number of likely N-dealkylation sites (N-methyl/N-ethyl adjacent to an activating group) is 2. The minimum atomic E-state index is 0.717. The second-order valence-corrected chi connectivity index (χ2v) is 4.59. The van der Waals surface area contributed by atoms with Crippen LogP contribution in [0.1, 0.15) is 27.2 Å².